The zero-order valence-corrected chi connectivity index (χ0v) is 20.2. The molecule has 0 unspecified atom stereocenters. The van der Waals surface area contributed by atoms with Crippen molar-refractivity contribution in [1.29, 1.82) is 0 Å². The molecule has 4 N–H and O–H groups in total. The van der Waals surface area contributed by atoms with Crippen LogP contribution < -0.4 is 16.4 Å². The van der Waals surface area contributed by atoms with Gasteiger partial charge in [-0.05, 0) is 66.8 Å². The fraction of sp³-hybridized carbons (Fsp3) is 0.129. The molecule has 0 atom stereocenters. The number of rotatable bonds is 5. The molecule has 4 aromatic rings. The van der Waals surface area contributed by atoms with E-state index in [-0.39, 0.29) is 5.91 Å². The third-order valence-electron chi connectivity index (χ3n) is 6.43. The minimum atomic E-state index is -0.418. The first-order chi connectivity index (χ1) is 16.8. The van der Waals surface area contributed by atoms with Gasteiger partial charge in [-0.15, -0.1) is 0 Å². The van der Waals surface area contributed by atoms with E-state index in [9.17, 15) is 4.79 Å². The summed E-state index contributed by atoms with van der Waals surface area (Å²) < 4.78 is 0. The Labute approximate surface area is 206 Å². The lowest BCUT2D eigenvalue weighted by molar-refractivity contribution is -0.110. The van der Waals surface area contributed by atoms with Crippen molar-refractivity contribution in [2.45, 2.75) is 26.3 Å². The molecular formula is C31H29N3O. The number of fused-ring (bicyclic) bond motifs is 1. The molecule has 174 valence electrons. The van der Waals surface area contributed by atoms with E-state index in [1.165, 1.54) is 5.56 Å². The summed E-state index contributed by atoms with van der Waals surface area (Å²) in [6.45, 7) is 6.07. The van der Waals surface area contributed by atoms with Crippen molar-refractivity contribution < 1.29 is 4.79 Å². The minimum absolute atomic E-state index is 0.118. The van der Waals surface area contributed by atoms with E-state index in [2.05, 4.69) is 41.8 Å². The molecule has 1 aliphatic heterocycles. The van der Waals surface area contributed by atoms with Gasteiger partial charge in [0.1, 0.15) is 0 Å². The molecule has 35 heavy (non-hydrogen) atoms. The van der Waals surface area contributed by atoms with Crippen LogP contribution >= 0.6 is 0 Å². The smallest absolute Gasteiger partial charge is 0.258 e. The molecule has 0 aliphatic carbocycles. The highest BCUT2D eigenvalue weighted by atomic mass is 16.2. The Bertz CT molecular complexity index is 1430. The molecule has 0 aromatic heterocycles. The predicted octanol–water partition coefficient (Wildman–Crippen LogP) is 6.79. The highest BCUT2D eigenvalue weighted by molar-refractivity contribution is 6.37. The van der Waals surface area contributed by atoms with Crippen LogP contribution in [0.3, 0.4) is 0 Å². The molecule has 4 heteroatoms. The zero-order valence-electron chi connectivity index (χ0n) is 20.2. The number of amides is 1. The number of anilines is 2. The van der Waals surface area contributed by atoms with Gasteiger partial charge in [-0.2, -0.15) is 0 Å². The van der Waals surface area contributed by atoms with E-state index in [4.69, 9.17) is 5.73 Å². The summed E-state index contributed by atoms with van der Waals surface area (Å²) in [6, 6.07) is 32.5. The number of hydrogen-bond acceptors (Lipinski definition) is 3. The average Bonchev–Trinajstić information content (AvgIpc) is 3.18. The van der Waals surface area contributed by atoms with Crippen LogP contribution in [-0.2, 0) is 10.3 Å². The standard InChI is InChI=1S/C31H29N3O/c1-20-9-7-8-12-25(20)22-13-18-26-27(19-22)34-30(35)28(26)29(21-10-5-4-6-11-21)33-24-16-14-23(15-17-24)31(2,3)32/h4-19,33H,32H2,1-3H3,(H,34,35)/b29-28-. The van der Waals surface area contributed by atoms with Gasteiger partial charge in [-0.3, -0.25) is 4.79 Å². The van der Waals surface area contributed by atoms with Crippen molar-refractivity contribution in [2.24, 2.45) is 5.73 Å². The predicted molar refractivity (Wildman–Crippen MR) is 146 cm³/mol. The summed E-state index contributed by atoms with van der Waals surface area (Å²) in [6.07, 6.45) is 0. The van der Waals surface area contributed by atoms with Crippen molar-refractivity contribution in [3.8, 4) is 11.1 Å². The quantitative estimate of drug-likeness (QED) is 0.288. The molecule has 5 rings (SSSR count). The summed E-state index contributed by atoms with van der Waals surface area (Å²) in [5, 5.41) is 6.61. The number of benzene rings is 4. The third-order valence-corrected chi connectivity index (χ3v) is 6.43. The van der Waals surface area contributed by atoms with Crippen LogP contribution in [0.1, 0.15) is 36.1 Å². The fourth-order valence-corrected chi connectivity index (χ4v) is 4.50. The van der Waals surface area contributed by atoms with Gasteiger partial charge in [-0.1, -0.05) is 78.9 Å². The molecule has 0 fully saturated rings. The van der Waals surface area contributed by atoms with E-state index >= 15 is 0 Å². The Morgan fingerprint density at radius 3 is 2.20 bits per heavy atom. The minimum Gasteiger partial charge on any atom is -0.354 e. The average molecular weight is 460 g/mol. The van der Waals surface area contributed by atoms with Gasteiger partial charge in [-0.25, -0.2) is 0 Å². The van der Waals surface area contributed by atoms with Gasteiger partial charge >= 0.3 is 0 Å². The van der Waals surface area contributed by atoms with E-state index < -0.39 is 5.54 Å². The topological polar surface area (TPSA) is 67.2 Å². The highest BCUT2D eigenvalue weighted by Gasteiger charge is 2.29. The lowest BCUT2D eigenvalue weighted by atomic mass is 9.95. The van der Waals surface area contributed by atoms with Gasteiger partial charge in [0.25, 0.3) is 5.91 Å². The van der Waals surface area contributed by atoms with Gasteiger partial charge in [0.15, 0.2) is 0 Å². The molecule has 0 spiro atoms. The summed E-state index contributed by atoms with van der Waals surface area (Å²) in [5.41, 5.74) is 15.3. The Balaban J connectivity index is 1.60. The second kappa shape index (κ2) is 8.90. The van der Waals surface area contributed by atoms with Crippen molar-refractivity contribution >= 4 is 28.6 Å². The first-order valence-corrected chi connectivity index (χ1v) is 11.8. The molecular weight excluding hydrogens is 430 g/mol. The Morgan fingerprint density at radius 1 is 0.829 bits per heavy atom. The molecule has 1 heterocycles. The molecule has 0 radical (unpaired) electrons. The van der Waals surface area contributed by atoms with E-state index in [1.807, 2.05) is 86.6 Å². The summed E-state index contributed by atoms with van der Waals surface area (Å²) >= 11 is 0. The number of hydrogen-bond donors (Lipinski definition) is 3. The molecule has 0 bridgehead atoms. The van der Waals surface area contributed by atoms with Crippen molar-refractivity contribution in [2.75, 3.05) is 10.6 Å². The monoisotopic (exact) mass is 459 g/mol. The van der Waals surface area contributed by atoms with E-state index in [1.54, 1.807) is 0 Å². The first kappa shape index (κ1) is 22.6. The molecule has 1 aliphatic rings. The second-order valence-electron chi connectivity index (χ2n) is 9.57. The zero-order chi connectivity index (χ0) is 24.6. The number of carbonyl (C=O) groups is 1. The largest absolute Gasteiger partial charge is 0.354 e. The summed E-state index contributed by atoms with van der Waals surface area (Å²) in [4.78, 5) is 13.3. The second-order valence-corrected chi connectivity index (χ2v) is 9.57. The number of nitrogens with two attached hydrogens (primary N) is 1. The Kier molecular flexibility index (Phi) is 5.75. The van der Waals surface area contributed by atoms with Crippen LogP contribution in [0.4, 0.5) is 11.4 Å². The lowest BCUT2D eigenvalue weighted by Gasteiger charge is -2.20. The molecule has 4 aromatic carbocycles. The maximum absolute atomic E-state index is 13.3. The maximum atomic E-state index is 13.3. The molecule has 4 nitrogen and oxygen atoms in total. The van der Waals surface area contributed by atoms with Crippen LogP contribution in [0.25, 0.3) is 22.4 Å². The van der Waals surface area contributed by atoms with Gasteiger partial charge in [0, 0.05) is 22.5 Å². The van der Waals surface area contributed by atoms with E-state index in [0.717, 1.165) is 44.9 Å². The van der Waals surface area contributed by atoms with Crippen molar-refractivity contribution in [3.05, 3.63) is 119 Å². The van der Waals surface area contributed by atoms with Crippen molar-refractivity contribution in [1.82, 2.24) is 0 Å². The number of aryl methyl sites for hydroxylation is 1. The van der Waals surface area contributed by atoms with Crippen LogP contribution in [0.15, 0.2) is 97.1 Å². The molecule has 1 amide bonds. The lowest BCUT2D eigenvalue weighted by Crippen LogP contribution is -2.28. The van der Waals surface area contributed by atoms with Crippen LogP contribution in [0.5, 0.6) is 0 Å². The fourth-order valence-electron chi connectivity index (χ4n) is 4.50. The maximum Gasteiger partial charge on any atom is 0.258 e. The highest BCUT2D eigenvalue weighted by Crippen LogP contribution is 2.40. The first-order valence-electron chi connectivity index (χ1n) is 11.8. The molecule has 0 saturated heterocycles. The summed E-state index contributed by atoms with van der Waals surface area (Å²) in [5.74, 6) is -0.118. The van der Waals surface area contributed by atoms with Crippen molar-refractivity contribution in [3.63, 3.8) is 0 Å². The van der Waals surface area contributed by atoms with Gasteiger partial charge in [0.2, 0.25) is 0 Å². The molecule has 0 saturated carbocycles. The SMILES string of the molecule is Cc1ccccc1-c1ccc2c(c1)NC(=O)/C2=C(\Nc1ccc(C(C)(C)N)cc1)c1ccccc1. The Morgan fingerprint density at radius 2 is 1.51 bits per heavy atom. The van der Waals surface area contributed by atoms with Gasteiger partial charge < -0.3 is 16.4 Å². The van der Waals surface area contributed by atoms with Crippen LogP contribution in [0, 0.1) is 6.92 Å². The summed E-state index contributed by atoms with van der Waals surface area (Å²) in [7, 11) is 0. The third kappa shape index (κ3) is 4.48. The van der Waals surface area contributed by atoms with E-state index in [0.29, 0.717) is 5.57 Å². The number of nitrogens with one attached hydrogen (secondary N) is 2. The number of carbonyl (C=O) groups excluding carboxylic acids is 1. The van der Waals surface area contributed by atoms with Gasteiger partial charge in [0.05, 0.1) is 11.3 Å². The van der Waals surface area contributed by atoms with Crippen LogP contribution in [0.2, 0.25) is 0 Å². The van der Waals surface area contributed by atoms with Crippen LogP contribution in [-0.4, -0.2) is 5.91 Å². The Hall–Kier alpha value is -4.15. The normalized spacial score (nSPS) is 14.3.